The molecule has 0 bridgehead atoms. The van der Waals surface area contributed by atoms with Gasteiger partial charge in [-0.1, -0.05) is 61.8 Å². The predicted molar refractivity (Wildman–Crippen MR) is 410 cm³/mol. The van der Waals surface area contributed by atoms with E-state index >= 15 is 19.2 Å². The van der Waals surface area contributed by atoms with Gasteiger partial charge in [0.25, 0.3) is 0 Å². The largest absolute Gasteiger partial charge is 0.444 e. The minimum absolute atomic E-state index is 0.0230. The molecule has 2 aromatic rings. The van der Waals surface area contributed by atoms with Gasteiger partial charge < -0.3 is 119 Å². The number of anilines is 1. The maximum Gasteiger partial charge on any atom is 0.407 e. The summed E-state index contributed by atoms with van der Waals surface area (Å²) in [6, 6.07) is -4.69. The molecule has 628 valence electrons. The second-order valence-corrected chi connectivity index (χ2v) is 31.9. The summed E-state index contributed by atoms with van der Waals surface area (Å²) in [5, 5.41) is 70.6. The fraction of sp³-hybridized carbons (Fsp3) is 0.649. The smallest absolute Gasteiger partial charge is 0.407 e. The third-order valence-electron chi connectivity index (χ3n) is 15.6. The number of aliphatic hydroxyl groups excluding tert-OH is 3. The lowest BCUT2D eigenvalue weighted by atomic mass is 10.00. The molecule has 18 N–H and O–H groups in total. The van der Waals surface area contributed by atoms with E-state index < -0.39 is 237 Å². The minimum atomic E-state index is -1.93. The fourth-order valence-corrected chi connectivity index (χ4v) is 10.6. The Morgan fingerprint density at radius 1 is 0.518 bits per heavy atom. The van der Waals surface area contributed by atoms with Crippen molar-refractivity contribution < 1.29 is 106 Å². The molecule has 1 aliphatic rings. The SMILES string of the molecule is CC(C)C[C@@H]1NC(=O)[C@@H](Cc2ccccc2)NC(=O)[C@H](CCNC(=O)OC(C)(C)C)NC(=O)[C@@H](NC(=O)[C@H](CCNC(=O)OC(C)(C)C)NC(=O)[C@@H](NC(=O)Nc2cc(C(O)OC(C)C)ccc2Cl)[C@H](C)O)CCNC(=O)[C@H]([C@@H](C)O)NC(=O)[C@H](CCNC(=O)OC(C)(C)C)NC(=O)[C@H](CCNC(=O)OC(C)(C)C)NC1=O. The number of alkyl carbamates (subject to hydrolysis) is 4. The van der Waals surface area contributed by atoms with Gasteiger partial charge in [0, 0.05) is 44.7 Å². The molecule has 0 radical (unpaired) electrons. The molecule has 1 unspecified atom stereocenters. The quantitative estimate of drug-likeness (QED) is 0.0451. The average Bonchev–Trinajstić information content (AvgIpc) is 0.927. The highest BCUT2D eigenvalue weighted by Crippen LogP contribution is 2.28. The van der Waals surface area contributed by atoms with Crippen molar-refractivity contribution >= 4 is 101 Å². The van der Waals surface area contributed by atoms with Crippen molar-refractivity contribution in [1.29, 1.82) is 0 Å². The number of nitrogens with one attached hydrogen (secondary N) is 15. The molecule has 2 aromatic carbocycles. The Balaban J connectivity index is 2.37. The first-order chi connectivity index (χ1) is 51.9. The third kappa shape index (κ3) is 37.9. The van der Waals surface area contributed by atoms with E-state index in [1.165, 1.54) is 18.2 Å². The summed E-state index contributed by atoms with van der Waals surface area (Å²) >= 11 is 6.41. The number of benzene rings is 2. The second-order valence-electron chi connectivity index (χ2n) is 31.5. The molecule has 0 saturated carbocycles. The van der Waals surface area contributed by atoms with Gasteiger partial charge in [-0.15, -0.1) is 0 Å². The zero-order chi connectivity index (χ0) is 84.8. The monoisotopic (exact) mass is 1600 g/mol. The lowest BCUT2D eigenvalue weighted by molar-refractivity contribution is -0.136. The number of urea groups is 1. The Morgan fingerprint density at radius 2 is 0.946 bits per heavy atom. The lowest BCUT2D eigenvalue weighted by Crippen LogP contribution is -2.61. The number of halogens is 1. The van der Waals surface area contributed by atoms with Crippen LogP contribution < -0.4 is 79.8 Å². The third-order valence-corrected chi connectivity index (χ3v) is 15.9. The zero-order valence-corrected chi connectivity index (χ0v) is 67.9. The molecule has 15 amide bonds. The molecule has 38 heteroatoms. The number of amides is 15. The van der Waals surface area contributed by atoms with Gasteiger partial charge in [-0.05, 0) is 173 Å². The minimum Gasteiger partial charge on any atom is -0.444 e. The van der Waals surface area contributed by atoms with E-state index in [4.69, 9.17) is 35.3 Å². The zero-order valence-electron chi connectivity index (χ0n) is 67.2. The van der Waals surface area contributed by atoms with Crippen LogP contribution in [0.1, 0.15) is 181 Å². The van der Waals surface area contributed by atoms with Crippen LogP contribution in [0.2, 0.25) is 5.02 Å². The molecular formula is C74H118ClN15O22. The van der Waals surface area contributed by atoms with Gasteiger partial charge >= 0.3 is 30.4 Å². The summed E-state index contributed by atoms with van der Waals surface area (Å²) in [6.07, 6.45) is -12.0. The van der Waals surface area contributed by atoms with Crippen molar-refractivity contribution in [3.05, 3.63) is 64.7 Å². The molecule has 1 fully saturated rings. The van der Waals surface area contributed by atoms with Crippen molar-refractivity contribution in [2.45, 2.75) is 271 Å². The van der Waals surface area contributed by atoms with Crippen LogP contribution >= 0.6 is 11.6 Å². The van der Waals surface area contributed by atoms with Crippen molar-refractivity contribution in [1.82, 2.24) is 74.4 Å². The van der Waals surface area contributed by atoms with E-state index in [1.807, 2.05) is 0 Å². The van der Waals surface area contributed by atoms with Crippen LogP contribution in [0, 0.1) is 5.92 Å². The fourth-order valence-electron chi connectivity index (χ4n) is 10.5. The second kappa shape index (κ2) is 45.0. The summed E-state index contributed by atoms with van der Waals surface area (Å²) in [4.78, 5) is 200. The first kappa shape index (κ1) is 96.3. The summed E-state index contributed by atoms with van der Waals surface area (Å²) in [7, 11) is 0. The number of carbonyl (C=O) groups is 14. The Kier molecular flexibility index (Phi) is 38.7. The van der Waals surface area contributed by atoms with Crippen LogP contribution in [0.15, 0.2) is 48.5 Å². The molecule has 3 rings (SSSR count). The highest BCUT2D eigenvalue weighted by molar-refractivity contribution is 6.33. The molecule has 0 aliphatic carbocycles. The molecule has 1 heterocycles. The van der Waals surface area contributed by atoms with Crippen molar-refractivity contribution in [2.75, 3.05) is 38.0 Å². The maximum absolute atomic E-state index is 15.3. The standard InChI is InChI=1S/C74H118ClN15O22/c1-39(2)36-52-61(98)84-47(27-32-77-67(104)109-71(7,8)9)57(94)83-50(30-35-80-70(107)112-74(16,17)18)60(97)89-54(41(5)91)63(100)76-31-26-46(56(93)82-48(28-33-78-68(105)110-72(10,11)12)59(96)87-53(62(99)86-52)37-43-22-20-19-21-23-43)81-58(95)49(29-34-79-69(106)111-73(13,14)15)85-64(101)55(42(6)92)90-66(103)88-51-38-44(24-25-45(51)75)65(102)108-40(3)4/h19-25,38-42,46-50,52-55,65,91-92,102H,26-37H2,1-18H3,(H,76,100)(H,77,104)(H,78,105)(H,79,106)(H,80,107)(H,81,95)(H,82,93)(H,83,94)(H,84,98)(H,85,101)(H,86,99)(H,87,96)(H,89,97)(H2,88,90,103)/t41-,42+,46+,47+,48+,49+,50+,52+,53-,54+,55+,65?/m1/s1. The Morgan fingerprint density at radius 3 is 1.39 bits per heavy atom. The summed E-state index contributed by atoms with van der Waals surface area (Å²) in [5.74, 6) is -10.4. The number of ether oxygens (including phenoxy) is 5. The lowest BCUT2D eigenvalue weighted by Gasteiger charge is -2.29. The summed E-state index contributed by atoms with van der Waals surface area (Å²) < 4.78 is 27.0. The summed E-state index contributed by atoms with van der Waals surface area (Å²) in [5.41, 5.74) is -3.42. The molecular weight excluding hydrogens is 1490 g/mol. The van der Waals surface area contributed by atoms with Crippen molar-refractivity contribution in [3.8, 4) is 0 Å². The number of carbonyl (C=O) groups excluding carboxylic acids is 14. The van der Waals surface area contributed by atoms with Gasteiger partial charge in [0.2, 0.25) is 53.2 Å². The summed E-state index contributed by atoms with van der Waals surface area (Å²) in [6.45, 7) is 25.9. The van der Waals surface area contributed by atoms with E-state index in [1.54, 1.807) is 141 Å². The van der Waals surface area contributed by atoms with Crippen molar-refractivity contribution in [3.63, 3.8) is 0 Å². The average molecular weight is 1610 g/mol. The van der Waals surface area contributed by atoms with E-state index in [0.717, 1.165) is 13.8 Å². The first-order valence-corrected chi connectivity index (χ1v) is 37.5. The molecule has 0 aromatic heterocycles. The van der Waals surface area contributed by atoms with Crippen LogP contribution in [-0.2, 0) is 73.3 Å². The van der Waals surface area contributed by atoms with Gasteiger partial charge in [0.1, 0.15) is 76.8 Å². The van der Waals surface area contributed by atoms with E-state index in [2.05, 4.69) is 79.8 Å². The molecule has 1 saturated heterocycles. The van der Waals surface area contributed by atoms with Crippen LogP contribution in [0.5, 0.6) is 0 Å². The normalized spacial score (nSPS) is 20.2. The topological polar surface area (TPSA) is 526 Å². The Labute approximate surface area is 658 Å². The van der Waals surface area contributed by atoms with E-state index in [-0.39, 0.29) is 48.1 Å². The Bertz CT molecular complexity index is 3520. The maximum atomic E-state index is 15.3. The molecule has 12 atom stereocenters. The van der Waals surface area contributed by atoms with Gasteiger partial charge in [-0.3, -0.25) is 43.2 Å². The highest BCUT2D eigenvalue weighted by atomic mass is 35.5. The number of aliphatic hydroxyl groups is 3. The van der Waals surface area contributed by atoms with Gasteiger partial charge in [-0.2, -0.15) is 0 Å². The number of hydrogen-bond acceptors (Lipinski definition) is 22. The molecule has 112 heavy (non-hydrogen) atoms. The van der Waals surface area contributed by atoms with Crippen LogP contribution in [0.4, 0.5) is 29.7 Å². The van der Waals surface area contributed by atoms with Gasteiger partial charge in [0.15, 0.2) is 6.29 Å². The number of hydrogen-bond donors (Lipinski definition) is 18. The first-order valence-electron chi connectivity index (χ1n) is 37.1. The van der Waals surface area contributed by atoms with E-state index in [9.17, 15) is 63.3 Å². The van der Waals surface area contributed by atoms with E-state index in [0.29, 0.717) is 5.56 Å². The molecule has 1 aliphatic heterocycles. The van der Waals surface area contributed by atoms with Gasteiger partial charge in [-0.25, -0.2) is 24.0 Å². The van der Waals surface area contributed by atoms with Crippen molar-refractivity contribution in [2.24, 2.45) is 5.92 Å². The van der Waals surface area contributed by atoms with Gasteiger partial charge in [0.05, 0.1) is 29.0 Å². The molecule has 37 nitrogen and oxygen atoms in total. The van der Waals surface area contributed by atoms with Crippen LogP contribution in [-0.4, -0.2) is 227 Å². The van der Waals surface area contributed by atoms with Crippen LogP contribution in [0.3, 0.4) is 0 Å². The predicted octanol–water partition coefficient (Wildman–Crippen LogP) is 2.35. The highest BCUT2D eigenvalue weighted by Gasteiger charge is 2.39. The van der Waals surface area contributed by atoms with Crippen LogP contribution in [0.25, 0.3) is 0 Å². The molecule has 0 spiro atoms. The number of rotatable bonds is 27. The Hall–Kier alpha value is -9.85.